The lowest BCUT2D eigenvalue weighted by molar-refractivity contribution is -0.121. The van der Waals surface area contributed by atoms with E-state index in [0.717, 1.165) is 15.7 Å². The Morgan fingerprint density at radius 3 is 2.91 bits per heavy atom. The minimum absolute atomic E-state index is 0.0328. The zero-order chi connectivity index (χ0) is 15.7. The Balaban J connectivity index is 1.98. The number of benzene rings is 1. The van der Waals surface area contributed by atoms with E-state index in [2.05, 4.69) is 20.9 Å². The number of carbonyl (C=O) groups excluding carboxylic acids is 1. The van der Waals surface area contributed by atoms with Gasteiger partial charge < -0.3 is 14.4 Å². The molecule has 1 aliphatic heterocycles. The summed E-state index contributed by atoms with van der Waals surface area (Å²) >= 11 is 3.43. The minimum Gasteiger partial charge on any atom is -0.495 e. The van der Waals surface area contributed by atoms with Gasteiger partial charge in [-0.3, -0.25) is 9.78 Å². The molecule has 1 aromatic heterocycles. The van der Waals surface area contributed by atoms with E-state index in [9.17, 15) is 4.79 Å². The van der Waals surface area contributed by atoms with Crippen LogP contribution in [0.4, 0.5) is 5.69 Å². The lowest BCUT2D eigenvalue weighted by Gasteiger charge is -2.30. The van der Waals surface area contributed by atoms with Crippen molar-refractivity contribution in [2.45, 2.75) is 13.5 Å². The molecule has 0 saturated heterocycles. The van der Waals surface area contributed by atoms with Crippen molar-refractivity contribution in [3.8, 4) is 11.5 Å². The van der Waals surface area contributed by atoms with Crippen LogP contribution in [0.15, 0.2) is 34.9 Å². The van der Waals surface area contributed by atoms with Crippen LogP contribution in [0.25, 0.3) is 0 Å². The smallest absolute Gasteiger partial charge is 0.265 e. The number of amides is 1. The standard InChI is InChI=1S/C16H15BrN2O3/c1-10-3-4-11(7-18-10)8-19-13-6-14(21-2)12(17)5-15(13)22-9-16(19)20/h3-7H,8-9H2,1-2H3. The van der Waals surface area contributed by atoms with Gasteiger partial charge in [0.2, 0.25) is 0 Å². The second kappa shape index (κ2) is 5.96. The number of anilines is 1. The highest BCUT2D eigenvalue weighted by Gasteiger charge is 2.27. The first-order valence-electron chi connectivity index (χ1n) is 6.80. The monoisotopic (exact) mass is 362 g/mol. The van der Waals surface area contributed by atoms with Gasteiger partial charge in [-0.1, -0.05) is 6.07 Å². The second-order valence-corrected chi connectivity index (χ2v) is 5.89. The zero-order valence-corrected chi connectivity index (χ0v) is 13.9. The lowest BCUT2D eigenvalue weighted by atomic mass is 10.2. The normalized spacial score (nSPS) is 13.6. The maximum Gasteiger partial charge on any atom is 0.265 e. The quantitative estimate of drug-likeness (QED) is 0.841. The molecule has 1 aromatic carbocycles. The number of ether oxygens (including phenoxy) is 2. The summed E-state index contributed by atoms with van der Waals surface area (Å²) in [6, 6.07) is 7.53. The summed E-state index contributed by atoms with van der Waals surface area (Å²) < 4.78 is 11.6. The van der Waals surface area contributed by atoms with Crippen molar-refractivity contribution in [1.29, 1.82) is 0 Å². The van der Waals surface area contributed by atoms with Gasteiger partial charge in [-0.2, -0.15) is 0 Å². The highest BCUT2D eigenvalue weighted by Crippen LogP contribution is 2.40. The molecule has 2 aromatic rings. The molecule has 3 rings (SSSR count). The molecule has 1 aliphatic rings. The third-order valence-electron chi connectivity index (χ3n) is 3.49. The van der Waals surface area contributed by atoms with Crippen LogP contribution in [-0.2, 0) is 11.3 Å². The first kappa shape index (κ1) is 14.8. The third-order valence-corrected chi connectivity index (χ3v) is 4.11. The van der Waals surface area contributed by atoms with Crippen molar-refractivity contribution in [2.75, 3.05) is 18.6 Å². The average Bonchev–Trinajstić information content (AvgIpc) is 2.52. The maximum absolute atomic E-state index is 12.2. The summed E-state index contributed by atoms with van der Waals surface area (Å²) in [5.41, 5.74) is 2.62. The molecule has 0 saturated carbocycles. The van der Waals surface area contributed by atoms with Crippen molar-refractivity contribution in [3.05, 3.63) is 46.2 Å². The number of fused-ring (bicyclic) bond motifs is 1. The highest BCUT2D eigenvalue weighted by atomic mass is 79.9. The molecule has 0 spiro atoms. The van der Waals surface area contributed by atoms with Crippen LogP contribution < -0.4 is 14.4 Å². The van der Waals surface area contributed by atoms with Gasteiger partial charge in [0, 0.05) is 24.0 Å². The molecule has 5 nitrogen and oxygen atoms in total. The van der Waals surface area contributed by atoms with Crippen molar-refractivity contribution >= 4 is 27.5 Å². The number of rotatable bonds is 3. The van der Waals surface area contributed by atoms with Gasteiger partial charge in [-0.05, 0) is 34.5 Å². The molecule has 0 fully saturated rings. The molecule has 6 heteroatoms. The summed E-state index contributed by atoms with van der Waals surface area (Å²) in [7, 11) is 1.59. The van der Waals surface area contributed by atoms with Crippen molar-refractivity contribution in [1.82, 2.24) is 4.98 Å². The van der Waals surface area contributed by atoms with E-state index in [0.29, 0.717) is 23.7 Å². The molecule has 0 bridgehead atoms. The SMILES string of the molecule is COc1cc2c(cc1Br)OCC(=O)N2Cc1ccc(C)nc1. The topological polar surface area (TPSA) is 51.7 Å². The number of halogens is 1. The number of methoxy groups -OCH3 is 1. The minimum atomic E-state index is -0.0857. The lowest BCUT2D eigenvalue weighted by Crippen LogP contribution is -2.38. The van der Waals surface area contributed by atoms with E-state index in [-0.39, 0.29) is 12.5 Å². The first-order chi connectivity index (χ1) is 10.6. The molecule has 22 heavy (non-hydrogen) atoms. The number of carbonyl (C=O) groups is 1. The molecule has 0 radical (unpaired) electrons. The largest absolute Gasteiger partial charge is 0.495 e. The Hall–Kier alpha value is -2.08. The fourth-order valence-corrected chi connectivity index (χ4v) is 2.79. The third kappa shape index (κ3) is 2.78. The number of nitrogens with zero attached hydrogens (tertiary/aromatic N) is 2. The van der Waals surface area contributed by atoms with Crippen LogP contribution in [0.5, 0.6) is 11.5 Å². The van der Waals surface area contributed by atoms with Gasteiger partial charge in [-0.15, -0.1) is 0 Å². The summed E-state index contributed by atoms with van der Waals surface area (Å²) in [6.45, 7) is 2.42. The highest BCUT2D eigenvalue weighted by molar-refractivity contribution is 9.10. The van der Waals surface area contributed by atoms with Crippen molar-refractivity contribution in [3.63, 3.8) is 0 Å². The Bertz CT molecular complexity index is 716. The van der Waals surface area contributed by atoms with Crippen LogP contribution in [0.2, 0.25) is 0 Å². The molecule has 1 amide bonds. The molecular formula is C16H15BrN2O3. The molecule has 114 valence electrons. The zero-order valence-electron chi connectivity index (χ0n) is 12.3. The number of pyridine rings is 1. The summed E-state index contributed by atoms with van der Waals surface area (Å²) in [6.07, 6.45) is 1.79. The molecule has 0 unspecified atom stereocenters. The van der Waals surface area contributed by atoms with Crippen LogP contribution in [0, 0.1) is 6.92 Å². The van der Waals surface area contributed by atoms with Crippen LogP contribution >= 0.6 is 15.9 Å². The molecule has 0 N–H and O–H groups in total. The predicted molar refractivity (Wildman–Crippen MR) is 86.4 cm³/mol. The molecule has 0 atom stereocenters. The van der Waals surface area contributed by atoms with E-state index < -0.39 is 0 Å². The fraction of sp³-hybridized carbons (Fsp3) is 0.250. The van der Waals surface area contributed by atoms with Gasteiger partial charge >= 0.3 is 0 Å². The van der Waals surface area contributed by atoms with E-state index in [1.165, 1.54) is 0 Å². The maximum atomic E-state index is 12.2. The van der Waals surface area contributed by atoms with Crippen molar-refractivity contribution < 1.29 is 14.3 Å². The molecule has 2 heterocycles. The number of hydrogen-bond acceptors (Lipinski definition) is 4. The summed E-state index contributed by atoms with van der Waals surface area (Å²) in [5, 5.41) is 0. The van der Waals surface area contributed by atoms with E-state index in [4.69, 9.17) is 9.47 Å². The van der Waals surface area contributed by atoms with Crippen LogP contribution in [-0.4, -0.2) is 24.6 Å². The molecular weight excluding hydrogens is 348 g/mol. The van der Waals surface area contributed by atoms with E-state index >= 15 is 0 Å². The van der Waals surface area contributed by atoms with Crippen LogP contribution in [0.1, 0.15) is 11.3 Å². The summed E-state index contributed by atoms with van der Waals surface area (Å²) in [5.74, 6) is 1.23. The number of aromatic nitrogens is 1. The Kier molecular flexibility index (Phi) is 4.02. The average molecular weight is 363 g/mol. The van der Waals surface area contributed by atoms with Gasteiger partial charge in [0.25, 0.3) is 5.91 Å². The van der Waals surface area contributed by atoms with Crippen molar-refractivity contribution in [2.24, 2.45) is 0 Å². The first-order valence-corrected chi connectivity index (χ1v) is 7.60. The van der Waals surface area contributed by atoms with Gasteiger partial charge in [0.1, 0.15) is 11.5 Å². The van der Waals surface area contributed by atoms with Gasteiger partial charge in [-0.25, -0.2) is 0 Å². The van der Waals surface area contributed by atoms with Gasteiger partial charge in [0.05, 0.1) is 23.8 Å². The van der Waals surface area contributed by atoms with Crippen LogP contribution in [0.3, 0.4) is 0 Å². The Morgan fingerprint density at radius 2 is 2.23 bits per heavy atom. The predicted octanol–water partition coefficient (Wildman–Crippen LogP) is 3.09. The Labute approximate surface area is 137 Å². The summed E-state index contributed by atoms with van der Waals surface area (Å²) in [4.78, 5) is 18.2. The van der Waals surface area contributed by atoms with E-state index in [1.807, 2.05) is 25.1 Å². The fourth-order valence-electron chi connectivity index (χ4n) is 2.31. The Morgan fingerprint density at radius 1 is 1.41 bits per heavy atom. The van der Waals surface area contributed by atoms with Gasteiger partial charge in [0.15, 0.2) is 6.61 Å². The number of aryl methyl sites for hydroxylation is 1. The van der Waals surface area contributed by atoms with E-state index in [1.54, 1.807) is 24.3 Å². The second-order valence-electron chi connectivity index (χ2n) is 5.03. The molecule has 0 aliphatic carbocycles. The number of hydrogen-bond donors (Lipinski definition) is 0.